The van der Waals surface area contributed by atoms with Crippen LogP contribution >= 0.6 is 11.6 Å². The lowest BCUT2D eigenvalue weighted by molar-refractivity contribution is -0.137. The zero-order valence-electron chi connectivity index (χ0n) is 12.6. The first kappa shape index (κ1) is 17.0. The number of aromatic nitrogens is 2. The molecule has 4 nitrogen and oxygen atoms in total. The highest BCUT2D eigenvalue weighted by molar-refractivity contribution is 6.30. The van der Waals surface area contributed by atoms with Gasteiger partial charge in [-0.15, -0.1) is 0 Å². The Morgan fingerprint density at radius 2 is 1.84 bits per heavy atom. The number of nitrogens with zero attached hydrogens (tertiary/aromatic N) is 1. The summed E-state index contributed by atoms with van der Waals surface area (Å²) in [5.41, 5.74) is 0.527. The number of halogens is 4. The molecule has 8 heteroatoms. The molecule has 0 saturated heterocycles. The molecule has 0 atom stereocenters. The Morgan fingerprint density at radius 1 is 1.08 bits per heavy atom. The van der Waals surface area contributed by atoms with Gasteiger partial charge in [0.25, 0.3) is 5.91 Å². The first-order chi connectivity index (χ1) is 11.8. The quantitative estimate of drug-likeness (QED) is 0.686. The summed E-state index contributed by atoms with van der Waals surface area (Å²) in [5.74, 6) is -0.597. The van der Waals surface area contributed by atoms with Crippen molar-refractivity contribution < 1.29 is 18.0 Å². The predicted octanol–water partition coefficient (Wildman–Crippen LogP) is 5.00. The van der Waals surface area contributed by atoms with Crippen molar-refractivity contribution in [3.05, 3.63) is 70.9 Å². The van der Waals surface area contributed by atoms with E-state index in [-0.39, 0.29) is 11.4 Å². The minimum Gasteiger partial charge on any atom is -0.321 e. The number of rotatable bonds is 3. The third-order valence-corrected chi connectivity index (χ3v) is 3.63. The molecule has 2 N–H and O–H groups in total. The number of hydrogen-bond acceptors (Lipinski definition) is 2. The zero-order chi connectivity index (χ0) is 18.0. The maximum Gasteiger partial charge on any atom is 0.416 e. The van der Waals surface area contributed by atoms with Crippen LogP contribution in [-0.4, -0.2) is 16.1 Å². The van der Waals surface area contributed by atoms with Gasteiger partial charge < -0.3 is 5.32 Å². The molecular weight excluding hydrogens is 355 g/mol. The molecule has 1 aromatic heterocycles. The fourth-order valence-corrected chi connectivity index (χ4v) is 2.40. The summed E-state index contributed by atoms with van der Waals surface area (Å²) in [7, 11) is 0. The van der Waals surface area contributed by atoms with Crippen LogP contribution in [0.15, 0.2) is 54.6 Å². The molecule has 3 rings (SSSR count). The van der Waals surface area contributed by atoms with Gasteiger partial charge in [0.2, 0.25) is 0 Å². The molecule has 128 valence electrons. The normalized spacial score (nSPS) is 11.4. The highest BCUT2D eigenvalue weighted by Crippen LogP contribution is 2.30. The second-order valence-corrected chi connectivity index (χ2v) is 5.65. The van der Waals surface area contributed by atoms with E-state index in [1.165, 1.54) is 18.2 Å². The number of anilines is 1. The minimum atomic E-state index is -4.48. The van der Waals surface area contributed by atoms with E-state index in [4.69, 9.17) is 11.6 Å². The zero-order valence-corrected chi connectivity index (χ0v) is 13.3. The number of H-pyrrole nitrogens is 1. The van der Waals surface area contributed by atoms with Gasteiger partial charge in [0.15, 0.2) is 0 Å². The molecule has 0 aliphatic heterocycles. The Balaban J connectivity index is 1.79. The van der Waals surface area contributed by atoms with E-state index < -0.39 is 17.6 Å². The van der Waals surface area contributed by atoms with Crippen molar-refractivity contribution in [2.24, 2.45) is 0 Å². The number of amides is 1. The van der Waals surface area contributed by atoms with Crippen LogP contribution < -0.4 is 5.32 Å². The molecule has 1 amide bonds. The van der Waals surface area contributed by atoms with Gasteiger partial charge in [0, 0.05) is 16.3 Å². The van der Waals surface area contributed by atoms with Crippen molar-refractivity contribution in [1.82, 2.24) is 10.2 Å². The Bertz CT molecular complexity index is 921. The van der Waals surface area contributed by atoms with E-state index in [0.717, 1.165) is 12.1 Å². The van der Waals surface area contributed by atoms with E-state index >= 15 is 0 Å². The molecule has 0 unspecified atom stereocenters. The van der Waals surface area contributed by atoms with Gasteiger partial charge in [-0.2, -0.15) is 18.3 Å². The maximum absolute atomic E-state index is 12.7. The molecule has 0 spiro atoms. The van der Waals surface area contributed by atoms with Gasteiger partial charge in [-0.05, 0) is 36.4 Å². The molecular formula is C17H11ClF3N3O. The van der Waals surface area contributed by atoms with E-state index in [1.54, 1.807) is 24.3 Å². The summed E-state index contributed by atoms with van der Waals surface area (Å²) >= 11 is 5.91. The lowest BCUT2D eigenvalue weighted by Crippen LogP contribution is -2.13. The van der Waals surface area contributed by atoms with Gasteiger partial charge in [0.1, 0.15) is 5.69 Å². The van der Waals surface area contributed by atoms with Crippen molar-refractivity contribution in [2.45, 2.75) is 6.18 Å². The van der Waals surface area contributed by atoms with Gasteiger partial charge in [-0.1, -0.05) is 29.8 Å². The monoisotopic (exact) mass is 365 g/mol. The molecule has 0 radical (unpaired) electrons. The van der Waals surface area contributed by atoms with Crippen LogP contribution in [0.2, 0.25) is 5.02 Å². The van der Waals surface area contributed by atoms with Gasteiger partial charge >= 0.3 is 6.18 Å². The van der Waals surface area contributed by atoms with Crippen LogP contribution in [0.5, 0.6) is 0 Å². The summed E-state index contributed by atoms with van der Waals surface area (Å²) in [6.45, 7) is 0. The van der Waals surface area contributed by atoms with E-state index in [9.17, 15) is 18.0 Å². The second kappa shape index (κ2) is 6.60. The predicted molar refractivity (Wildman–Crippen MR) is 88.4 cm³/mol. The number of carbonyl (C=O) groups is 1. The summed E-state index contributed by atoms with van der Waals surface area (Å²) in [6, 6.07) is 12.8. The number of alkyl halides is 3. The van der Waals surface area contributed by atoms with E-state index in [2.05, 4.69) is 15.5 Å². The Labute approximate surface area is 145 Å². The summed E-state index contributed by atoms with van der Waals surface area (Å²) in [4.78, 5) is 12.2. The Kier molecular flexibility index (Phi) is 4.50. The van der Waals surface area contributed by atoms with E-state index in [0.29, 0.717) is 16.3 Å². The molecule has 0 aliphatic carbocycles. The summed E-state index contributed by atoms with van der Waals surface area (Å²) in [5, 5.41) is 9.52. The maximum atomic E-state index is 12.7. The fraction of sp³-hybridized carbons (Fsp3) is 0.0588. The van der Waals surface area contributed by atoms with Gasteiger partial charge in [-0.3, -0.25) is 9.89 Å². The largest absolute Gasteiger partial charge is 0.416 e. The van der Waals surface area contributed by atoms with Crippen molar-refractivity contribution in [2.75, 3.05) is 5.32 Å². The van der Waals surface area contributed by atoms with E-state index in [1.807, 2.05) is 0 Å². The average Bonchev–Trinajstić information content (AvgIpc) is 3.04. The molecule has 0 fully saturated rings. The number of hydrogen-bond donors (Lipinski definition) is 2. The smallest absolute Gasteiger partial charge is 0.321 e. The van der Waals surface area contributed by atoms with Crippen molar-refractivity contribution in [1.29, 1.82) is 0 Å². The lowest BCUT2D eigenvalue weighted by atomic mass is 10.1. The number of carbonyl (C=O) groups excluding carboxylic acids is 1. The molecule has 1 heterocycles. The van der Waals surface area contributed by atoms with Crippen LogP contribution in [0, 0.1) is 0 Å². The van der Waals surface area contributed by atoms with Gasteiger partial charge in [0.05, 0.1) is 11.3 Å². The Hall–Kier alpha value is -2.80. The third-order valence-electron chi connectivity index (χ3n) is 3.39. The fourth-order valence-electron chi connectivity index (χ4n) is 2.21. The van der Waals surface area contributed by atoms with Crippen LogP contribution in [0.25, 0.3) is 11.3 Å². The molecule has 2 aromatic carbocycles. The van der Waals surface area contributed by atoms with Crippen LogP contribution in [0.3, 0.4) is 0 Å². The molecule has 0 saturated carbocycles. The van der Waals surface area contributed by atoms with Crippen molar-refractivity contribution in [3.8, 4) is 11.3 Å². The van der Waals surface area contributed by atoms with Crippen molar-refractivity contribution in [3.63, 3.8) is 0 Å². The Morgan fingerprint density at radius 3 is 2.56 bits per heavy atom. The number of aromatic amines is 1. The van der Waals surface area contributed by atoms with Crippen LogP contribution in [0.1, 0.15) is 16.1 Å². The minimum absolute atomic E-state index is 0.0405. The number of benzene rings is 2. The first-order valence-corrected chi connectivity index (χ1v) is 7.51. The third kappa shape index (κ3) is 4.00. The molecule has 0 aliphatic rings. The average molecular weight is 366 g/mol. The topological polar surface area (TPSA) is 57.8 Å². The second-order valence-electron chi connectivity index (χ2n) is 5.21. The lowest BCUT2D eigenvalue weighted by Gasteiger charge is -2.09. The first-order valence-electron chi connectivity index (χ1n) is 7.13. The molecule has 25 heavy (non-hydrogen) atoms. The van der Waals surface area contributed by atoms with Crippen LogP contribution in [0.4, 0.5) is 18.9 Å². The van der Waals surface area contributed by atoms with Gasteiger partial charge in [-0.25, -0.2) is 0 Å². The highest BCUT2D eigenvalue weighted by atomic mass is 35.5. The molecule has 0 bridgehead atoms. The van der Waals surface area contributed by atoms with Crippen LogP contribution in [-0.2, 0) is 6.18 Å². The number of nitrogens with one attached hydrogen (secondary N) is 2. The summed E-state index contributed by atoms with van der Waals surface area (Å²) < 4.78 is 38.1. The standard InChI is InChI=1S/C17H11ClF3N3O/c18-12-5-1-3-10(7-12)14-9-15(24-23-14)16(25)22-13-6-2-4-11(8-13)17(19,20)21/h1-9H,(H,22,25)(H,23,24). The molecule has 3 aromatic rings. The SMILES string of the molecule is O=C(Nc1cccc(C(F)(F)F)c1)c1cc(-c2cccc(Cl)c2)n[nH]1. The summed E-state index contributed by atoms with van der Waals surface area (Å²) in [6.07, 6.45) is -4.48. The highest BCUT2D eigenvalue weighted by Gasteiger charge is 2.30. The van der Waals surface area contributed by atoms with Crippen molar-refractivity contribution >= 4 is 23.2 Å².